The minimum Gasteiger partial charge on any atom is -0.497 e. The number of piperazine rings is 1. The molecule has 0 spiro atoms. The van der Waals surface area contributed by atoms with Gasteiger partial charge in [-0.1, -0.05) is 0 Å². The molecule has 1 aromatic heterocycles. The van der Waals surface area contributed by atoms with Crippen LogP contribution in [0.25, 0.3) is 0 Å². The Hall–Kier alpha value is -2.78. The first-order chi connectivity index (χ1) is 14.1. The van der Waals surface area contributed by atoms with E-state index < -0.39 is 0 Å². The van der Waals surface area contributed by atoms with Gasteiger partial charge in [-0.15, -0.1) is 0 Å². The second kappa shape index (κ2) is 10.1. The second-order valence-corrected chi connectivity index (χ2v) is 7.37. The highest BCUT2D eigenvalue weighted by Crippen LogP contribution is 2.29. The summed E-state index contributed by atoms with van der Waals surface area (Å²) in [6.07, 6.45) is 0. The SMILES string of the molecule is COc1ccc(NC(=O)N2CCN(CCNC(=O)c3ccsc3)CC2)c(OC)c1. The van der Waals surface area contributed by atoms with Crippen LogP contribution in [0.3, 0.4) is 0 Å². The molecule has 3 rings (SSSR count). The van der Waals surface area contributed by atoms with Gasteiger partial charge in [-0.3, -0.25) is 9.69 Å². The standard InChI is InChI=1S/C20H26N4O4S/c1-27-16-3-4-17(18(13-16)28-2)22-20(26)24-10-8-23(9-11-24)7-6-21-19(25)15-5-12-29-14-15/h3-5,12-14H,6-11H2,1-2H3,(H,21,25)(H,22,26). The predicted molar refractivity (Wildman–Crippen MR) is 113 cm³/mol. The molecule has 1 aliphatic heterocycles. The third-order valence-corrected chi connectivity index (χ3v) is 5.49. The minimum atomic E-state index is -0.154. The summed E-state index contributed by atoms with van der Waals surface area (Å²) in [5.41, 5.74) is 1.31. The quantitative estimate of drug-likeness (QED) is 0.721. The van der Waals surface area contributed by atoms with Gasteiger partial charge in [0, 0.05) is 56.3 Å². The first-order valence-corrected chi connectivity index (χ1v) is 10.4. The van der Waals surface area contributed by atoms with Crippen LogP contribution in [-0.2, 0) is 0 Å². The van der Waals surface area contributed by atoms with Crippen LogP contribution in [0.4, 0.5) is 10.5 Å². The summed E-state index contributed by atoms with van der Waals surface area (Å²) in [7, 11) is 3.14. The van der Waals surface area contributed by atoms with Crippen molar-refractivity contribution < 1.29 is 19.1 Å². The molecule has 156 valence electrons. The third-order valence-electron chi connectivity index (χ3n) is 4.81. The van der Waals surface area contributed by atoms with E-state index in [0.29, 0.717) is 42.4 Å². The first-order valence-electron chi connectivity index (χ1n) is 9.41. The molecule has 1 aromatic carbocycles. The van der Waals surface area contributed by atoms with Gasteiger partial charge >= 0.3 is 6.03 Å². The van der Waals surface area contributed by atoms with E-state index in [-0.39, 0.29) is 11.9 Å². The number of anilines is 1. The van der Waals surface area contributed by atoms with E-state index in [0.717, 1.165) is 19.6 Å². The topological polar surface area (TPSA) is 83.1 Å². The highest BCUT2D eigenvalue weighted by atomic mass is 32.1. The van der Waals surface area contributed by atoms with Gasteiger partial charge in [-0.05, 0) is 23.6 Å². The summed E-state index contributed by atoms with van der Waals surface area (Å²) in [4.78, 5) is 28.6. The maximum atomic E-state index is 12.6. The van der Waals surface area contributed by atoms with Crippen LogP contribution in [-0.4, -0.2) is 75.2 Å². The van der Waals surface area contributed by atoms with Crippen molar-refractivity contribution in [2.75, 3.05) is 58.8 Å². The molecular formula is C20H26N4O4S. The van der Waals surface area contributed by atoms with Gasteiger partial charge < -0.3 is 25.0 Å². The molecule has 1 fully saturated rings. The maximum absolute atomic E-state index is 12.6. The number of thiophene rings is 1. The zero-order valence-corrected chi connectivity index (χ0v) is 17.5. The van der Waals surface area contributed by atoms with Crippen LogP contribution in [0.2, 0.25) is 0 Å². The zero-order valence-electron chi connectivity index (χ0n) is 16.6. The smallest absolute Gasteiger partial charge is 0.322 e. The first kappa shape index (κ1) is 20.9. The van der Waals surface area contributed by atoms with E-state index in [2.05, 4.69) is 15.5 Å². The molecule has 2 aromatic rings. The lowest BCUT2D eigenvalue weighted by molar-refractivity contribution is 0.0943. The van der Waals surface area contributed by atoms with Crippen molar-refractivity contribution in [3.8, 4) is 11.5 Å². The molecule has 3 amide bonds. The monoisotopic (exact) mass is 418 g/mol. The fraction of sp³-hybridized carbons (Fsp3) is 0.400. The summed E-state index contributed by atoms with van der Waals surface area (Å²) < 4.78 is 10.5. The molecule has 2 N–H and O–H groups in total. The summed E-state index contributed by atoms with van der Waals surface area (Å²) >= 11 is 1.51. The van der Waals surface area contributed by atoms with Crippen LogP contribution in [0.5, 0.6) is 11.5 Å². The van der Waals surface area contributed by atoms with Crippen molar-refractivity contribution in [1.29, 1.82) is 0 Å². The van der Waals surface area contributed by atoms with E-state index in [1.165, 1.54) is 11.3 Å². The highest BCUT2D eigenvalue weighted by Gasteiger charge is 2.22. The highest BCUT2D eigenvalue weighted by molar-refractivity contribution is 7.08. The number of nitrogens with zero attached hydrogens (tertiary/aromatic N) is 2. The Morgan fingerprint density at radius 1 is 1.10 bits per heavy atom. The summed E-state index contributed by atoms with van der Waals surface area (Å²) in [5, 5.41) is 9.56. The molecule has 2 heterocycles. The summed E-state index contributed by atoms with van der Waals surface area (Å²) in [5.74, 6) is 1.18. The molecule has 0 bridgehead atoms. The zero-order chi connectivity index (χ0) is 20.6. The van der Waals surface area contributed by atoms with Crippen molar-refractivity contribution in [3.63, 3.8) is 0 Å². The Morgan fingerprint density at radius 3 is 2.55 bits per heavy atom. The maximum Gasteiger partial charge on any atom is 0.322 e. The van der Waals surface area contributed by atoms with Crippen molar-refractivity contribution in [2.24, 2.45) is 0 Å². The van der Waals surface area contributed by atoms with Crippen LogP contribution in [0, 0.1) is 0 Å². The van der Waals surface area contributed by atoms with E-state index >= 15 is 0 Å². The largest absolute Gasteiger partial charge is 0.497 e. The van der Waals surface area contributed by atoms with Crippen LogP contribution >= 0.6 is 11.3 Å². The summed E-state index contributed by atoms with van der Waals surface area (Å²) in [6, 6.07) is 6.94. The Bertz CT molecular complexity index is 820. The van der Waals surface area contributed by atoms with Gasteiger partial charge in [0.25, 0.3) is 5.91 Å². The Labute approximate surface area is 174 Å². The summed E-state index contributed by atoms with van der Waals surface area (Å²) in [6.45, 7) is 4.14. The van der Waals surface area contributed by atoms with Crippen LogP contribution in [0.15, 0.2) is 35.0 Å². The number of rotatable bonds is 7. The number of benzene rings is 1. The van der Waals surface area contributed by atoms with Crippen LogP contribution < -0.4 is 20.1 Å². The molecule has 0 saturated carbocycles. The lowest BCUT2D eigenvalue weighted by Crippen LogP contribution is -2.51. The van der Waals surface area contributed by atoms with E-state index in [4.69, 9.17) is 9.47 Å². The molecule has 1 saturated heterocycles. The van der Waals surface area contributed by atoms with Gasteiger partial charge in [-0.25, -0.2) is 4.79 Å². The number of nitrogens with one attached hydrogen (secondary N) is 2. The van der Waals surface area contributed by atoms with Crippen molar-refractivity contribution in [1.82, 2.24) is 15.1 Å². The lowest BCUT2D eigenvalue weighted by atomic mass is 10.2. The Kier molecular flexibility index (Phi) is 7.31. The van der Waals surface area contributed by atoms with Gasteiger partial charge in [0.05, 0.1) is 19.9 Å². The van der Waals surface area contributed by atoms with E-state index in [1.54, 1.807) is 37.3 Å². The van der Waals surface area contributed by atoms with Crippen LogP contribution in [0.1, 0.15) is 10.4 Å². The van der Waals surface area contributed by atoms with Gasteiger partial charge in [0.1, 0.15) is 11.5 Å². The minimum absolute atomic E-state index is 0.0438. The van der Waals surface area contributed by atoms with Gasteiger partial charge in [-0.2, -0.15) is 11.3 Å². The van der Waals surface area contributed by atoms with E-state index in [9.17, 15) is 9.59 Å². The molecule has 29 heavy (non-hydrogen) atoms. The number of carbonyl (C=O) groups is 2. The van der Waals surface area contributed by atoms with Gasteiger partial charge in [0.15, 0.2) is 0 Å². The molecule has 1 aliphatic rings. The predicted octanol–water partition coefficient (Wildman–Crippen LogP) is 2.34. The molecule has 0 atom stereocenters. The molecule has 0 aliphatic carbocycles. The third kappa shape index (κ3) is 5.61. The van der Waals surface area contributed by atoms with Crippen molar-refractivity contribution in [3.05, 3.63) is 40.6 Å². The van der Waals surface area contributed by atoms with Crippen molar-refractivity contribution >= 4 is 29.0 Å². The molecular weight excluding hydrogens is 392 g/mol. The molecule has 0 unspecified atom stereocenters. The number of carbonyl (C=O) groups excluding carboxylic acids is 2. The van der Waals surface area contributed by atoms with Crippen molar-refractivity contribution in [2.45, 2.75) is 0 Å². The number of amides is 3. The fourth-order valence-corrected chi connectivity index (χ4v) is 3.73. The average Bonchev–Trinajstić information content (AvgIpc) is 3.29. The number of urea groups is 1. The molecule has 8 nitrogen and oxygen atoms in total. The van der Waals surface area contributed by atoms with E-state index in [1.807, 2.05) is 16.8 Å². The molecule has 9 heteroatoms. The van der Waals surface area contributed by atoms with Gasteiger partial charge in [0.2, 0.25) is 0 Å². The Morgan fingerprint density at radius 2 is 1.90 bits per heavy atom. The number of methoxy groups -OCH3 is 2. The molecule has 0 radical (unpaired) electrons. The Balaban J connectivity index is 1.42. The lowest BCUT2D eigenvalue weighted by Gasteiger charge is -2.34. The number of hydrogen-bond acceptors (Lipinski definition) is 6. The number of hydrogen-bond donors (Lipinski definition) is 2. The number of ether oxygens (including phenoxy) is 2. The average molecular weight is 419 g/mol. The second-order valence-electron chi connectivity index (χ2n) is 6.59. The fourth-order valence-electron chi connectivity index (χ4n) is 3.09. The normalized spacial score (nSPS) is 14.3.